The van der Waals surface area contributed by atoms with Crippen LogP contribution in [0.25, 0.3) is 17.1 Å². The topological polar surface area (TPSA) is 130 Å². The van der Waals surface area contributed by atoms with Crippen LogP contribution < -0.4 is 0 Å². The van der Waals surface area contributed by atoms with E-state index in [2.05, 4.69) is 15.2 Å². The highest BCUT2D eigenvalue weighted by Crippen LogP contribution is 2.27. The Kier molecular flexibility index (Phi) is 10.9. The summed E-state index contributed by atoms with van der Waals surface area (Å²) in [4.78, 5) is 29.7. The number of rotatable bonds is 5. The Labute approximate surface area is 251 Å². The Morgan fingerprint density at radius 1 is 1.21 bits per heavy atom. The van der Waals surface area contributed by atoms with Crippen molar-refractivity contribution in [3.05, 3.63) is 41.2 Å². The fourth-order valence-electron chi connectivity index (χ4n) is 5.48. The number of likely N-dealkylation sites (N-methyl/N-ethyl adjacent to an activating group) is 1. The molecule has 1 fully saturated rings. The van der Waals surface area contributed by atoms with Gasteiger partial charge in [0.25, 0.3) is 0 Å². The van der Waals surface area contributed by atoms with Gasteiger partial charge in [0.2, 0.25) is 0 Å². The van der Waals surface area contributed by atoms with Crippen molar-refractivity contribution < 1.29 is 33.7 Å². The van der Waals surface area contributed by atoms with E-state index >= 15 is 0 Å². The maximum absolute atomic E-state index is 15.0. The van der Waals surface area contributed by atoms with Gasteiger partial charge in [0, 0.05) is 32.1 Å². The molecular weight excluding hydrogens is 557 g/mol. The third kappa shape index (κ3) is 8.18. The van der Waals surface area contributed by atoms with E-state index in [0.717, 1.165) is 13.1 Å². The number of aliphatic hydroxyl groups is 2. The summed E-state index contributed by atoms with van der Waals surface area (Å²) in [7, 11) is 2.02. The van der Waals surface area contributed by atoms with Crippen molar-refractivity contribution in [1.82, 2.24) is 24.8 Å². The van der Waals surface area contributed by atoms with Crippen molar-refractivity contribution in [1.29, 1.82) is 0 Å². The van der Waals surface area contributed by atoms with Crippen molar-refractivity contribution >= 4 is 29.2 Å². The second-order valence-corrected chi connectivity index (χ2v) is 12.0. The zero-order valence-electron chi connectivity index (χ0n) is 25.6. The Hall–Kier alpha value is -3.35. The summed E-state index contributed by atoms with van der Waals surface area (Å²) >= 11 is 0. The molecule has 1 aromatic carbocycles. The zero-order valence-corrected chi connectivity index (χ0v) is 25.6. The SMILES string of the molecule is C/C(=C\c1cc(F)c2nnn([C@H](C)CO)c2c1)[C@H]1OC(=O)C[C@H](O)CC[C@H](C)[C@@H](OC(=O)N2CCN(C)CC2)/C=C/[C@@H]1C. The number of cyclic esters (lactones) is 1. The van der Waals surface area contributed by atoms with Crippen LogP contribution in [0.3, 0.4) is 0 Å². The second kappa shape index (κ2) is 14.4. The highest BCUT2D eigenvalue weighted by molar-refractivity contribution is 5.79. The lowest BCUT2D eigenvalue weighted by molar-refractivity contribution is -0.151. The number of nitrogens with zero attached hydrogens (tertiary/aromatic N) is 5. The quantitative estimate of drug-likeness (QED) is 0.390. The maximum Gasteiger partial charge on any atom is 0.410 e. The lowest BCUT2D eigenvalue weighted by Gasteiger charge is -2.33. The number of piperazine rings is 1. The van der Waals surface area contributed by atoms with E-state index in [0.29, 0.717) is 42.6 Å². The van der Waals surface area contributed by atoms with E-state index in [4.69, 9.17) is 9.47 Å². The Morgan fingerprint density at radius 2 is 1.93 bits per heavy atom. The van der Waals surface area contributed by atoms with Gasteiger partial charge in [-0.25, -0.2) is 13.9 Å². The van der Waals surface area contributed by atoms with Crippen LogP contribution in [0.15, 0.2) is 29.9 Å². The molecule has 6 atom stereocenters. The third-order valence-electron chi connectivity index (χ3n) is 8.34. The summed E-state index contributed by atoms with van der Waals surface area (Å²) in [5, 5.41) is 28.1. The Balaban J connectivity index is 1.61. The fourth-order valence-corrected chi connectivity index (χ4v) is 5.48. The molecule has 0 saturated carbocycles. The number of ether oxygens (including phenoxy) is 2. The summed E-state index contributed by atoms with van der Waals surface area (Å²) in [6.45, 7) is 9.99. The van der Waals surface area contributed by atoms with Gasteiger partial charge in [0.1, 0.15) is 17.7 Å². The number of aromatic nitrogens is 3. The van der Waals surface area contributed by atoms with E-state index in [9.17, 15) is 24.2 Å². The summed E-state index contributed by atoms with van der Waals surface area (Å²) in [5.41, 5.74) is 1.71. The summed E-state index contributed by atoms with van der Waals surface area (Å²) in [5.74, 6) is -1.50. The largest absolute Gasteiger partial charge is 0.457 e. The maximum atomic E-state index is 15.0. The van der Waals surface area contributed by atoms with Gasteiger partial charge in [-0.15, -0.1) is 5.10 Å². The number of hydrogen-bond acceptors (Lipinski definition) is 9. The molecule has 2 aliphatic heterocycles. The Morgan fingerprint density at radius 3 is 2.63 bits per heavy atom. The summed E-state index contributed by atoms with van der Waals surface area (Å²) in [6.07, 6.45) is 3.71. The molecule has 3 heterocycles. The molecule has 1 amide bonds. The molecule has 4 rings (SSSR count). The van der Waals surface area contributed by atoms with Gasteiger partial charge in [-0.2, -0.15) is 0 Å². The van der Waals surface area contributed by atoms with Crippen LogP contribution in [0.1, 0.15) is 58.6 Å². The number of benzene rings is 1. The molecule has 0 bridgehead atoms. The number of esters is 1. The molecule has 11 nitrogen and oxygen atoms in total. The summed E-state index contributed by atoms with van der Waals surface area (Å²) in [6, 6.07) is 2.67. The van der Waals surface area contributed by atoms with E-state index in [-0.39, 0.29) is 36.5 Å². The van der Waals surface area contributed by atoms with Crippen molar-refractivity contribution in [2.75, 3.05) is 39.8 Å². The molecule has 2 aromatic rings. The molecule has 1 saturated heterocycles. The van der Waals surface area contributed by atoms with Gasteiger partial charge in [0.15, 0.2) is 5.82 Å². The molecular formula is C31H44FN5O6. The van der Waals surface area contributed by atoms with Crippen LogP contribution in [-0.4, -0.2) is 105 Å². The average molecular weight is 602 g/mol. The lowest BCUT2D eigenvalue weighted by atomic mass is 9.91. The minimum atomic E-state index is -0.898. The number of aliphatic hydroxyl groups excluding tert-OH is 2. The number of hydrogen-bond donors (Lipinski definition) is 2. The standard InChI is InChI=1S/C31H44FN5O6/c1-19-6-8-24(39)17-28(40)43-30(20(2)7-9-27(19)42-31(41)36-12-10-35(5)11-13-36)21(3)14-23-15-25(32)29-26(16-23)37(34-33-29)22(4)18-38/h7,9,14-16,19-20,22,24,27,30,38-39H,6,8,10-13,17-18H2,1-5H3/b9-7+,21-14+/t19-,20-,22+,24+,27-,30-/m0/s1. The number of halogens is 1. The van der Waals surface area contributed by atoms with Crippen LogP contribution in [0, 0.1) is 17.7 Å². The van der Waals surface area contributed by atoms with Gasteiger partial charge in [-0.3, -0.25) is 4.79 Å². The van der Waals surface area contributed by atoms with Gasteiger partial charge in [0.05, 0.1) is 30.7 Å². The minimum Gasteiger partial charge on any atom is -0.457 e. The molecule has 0 spiro atoms. The van der Waals surface area contributed by atoms with Crippen LogP contribution >= 0.6 is 0 Å². The van der Waals surface area contributed by atoms with E-state index < -0.39 is 36.1 Å². The first-order valence-electron chi connectivity index (χ1n) is 15.0. The molecule has 12 heteroatoms. The van der Waals surface area contributed by atoms with Crippen LogP contribution in [0.4, 0.5) is 9.18 Å². The van der Waals surface area contributed by atoms with Crippen molar-refractivity contribution in [3.63, 3.8) is 0 Å². The second-order valence-electron chi connectivity index (χ2n) is 12.0. The highest BCUT2D eigenvalue weighted by atomic mass is 19.1. The number of carbonyl (C=O) groups is 2. The predicted octanol–water partition coefficient (Wildman–Crippen LogP) is 3.56. The molecule has 0 unspecified atom stereocenters. The zero-order chi connectivity index (χ0) is 31.3. The number of amides is 1. The van der Waals surface area contributed by atoms with E-state index in [1.54, 1.807) is 30.9 Å². The molecule has 2 aliphatic rings. The highest BCUT2D eigenvalue weighted by Gasteiger charge is 2.29. The first kappa shape index (κ1) is 32.6. The van der Waals surface area contributed by atoms with Gasteiger partial charge in [-0.1, -0.05) is 31.2 Å². The van der Waals surface area contributed by atoms with E-state index in [1.807, 2.05) is 33.0 Å². The van der Waals surface area contributed by atoms with Crippen LogP contribution in [0.5, 0.6) is 0 Å². The smallest absolute Gasteiger partial charge is 0.410 e. The van der Waals surface area contributed by atoms with Crippen molar-refractivity contribution in [3.8, 4) is 0 Å². The molecule has 2 N–H and O–H groups in total. The lowest BCUT2D eigenvalue weighted by Crippen LogP contribution is -2.48. The first-order chi connectivity index (χ1) is 20.5. The third-order valence-corrected chi connectivity index (χ3v) is 8.34. The monoisotopic (exact) mass is 601 g/mol. The van der Waals surface area contributed by atoms with Gasteiger partial charge < -0.3 is 29.5 Å². The van der Waals surface area contributed by atoms with Crippen LogP contribution in [-0.2, 0) is 14.3 Å². The molecule has 43 heavy (non-hydrogen) atoms. The molecule has 0 aliphatic carbocycles. The number of fused-ring (bicyclic) bond motifs is 1. The van der Waals surface area contributed by atoms with Crippen LogP contribution in [0.2, 0.25) is 0 Å². The normalized spacial score (nSPS) is 28.1. The first-order valence-corrected chi connectivity index (χ1v) is 15.0. The average Bonchev–Trinajstić information content (AvgIpc) is 3.40. The molecule has 1 aromatic heterocycles. The fraction of sp³-hybridized carbons (Fsp3) is 0.613. The minimum absolute atomic E-state index is 0.0884. The summed E-state index contributed by atoms with van der Waals surface area (Å²) < 4.78 is 28.3. The van der Waals surface area contributed by atoms with Gasteiger partial charge in [-0.05, 0) is 69.0 Å². The van der Waals surface area contributed by atoms with Gasteiger partial charge >= 0.3 is 12.1 Å². The predicted molar refractivity (Wildman–Crippen MR) is 159 cm³/mol. The van der Waals surface area contributed by atoms with E-state index in [1.165, 1.54) is 10.7 Å². The van der Waals surface area contributed by atoms with Crippen molar-refractivity contribution in [2.45, 2.75) is 71.3 Å². The van der Waals surface area contributed by atoms with Crippen molar-refractivity contribution in [2.24, 2.45) is 11.8 Å². The molecule has 0 radical (unpaired) electrons. The molecule has 236 valence electrons. The number of carbonyl (C=O) groups excluding carboxylic acids is 2. The Bertz CT molecular complexity index is 1340.